The van der Waals surface area contributed by atoms with E-state index in [0.717, 1.165) is 18.4 Å². The largest absolute Gasteiger partial charge is 0.292 e. The molecule has 1 heterocycles. The second-order valence-corrected chi connectivity index (χ2v) is 6.76. The first-order chi connectivity index (χ1) is 12.1. The second-order valence-electron chi connectivity index (χ2n) is 6.76. The van der Waals surface area contributed by atoms with E-state index in [0.29, 0.717) is 16.5 Å². The van der Waals surface area contributed by atoms with Crippen LogP contribution in [0.4, 0.5) is 0 Å². The van der Waals surface area contributed by atoms with Crippen molar-refractivity contribution in [3.05, 3.63) is 75.3 Å². The van der Waals surface area contributed by atoms with Gasteiger partial charge in [0.2, 0.25) is 0 Å². The number of carbonyl (C=O) groups excluding carboxylic acids is 1. The predicted molar refractivity (Wildman–Crippen MR) is 98.2 cm³/mol. The molecule has 25 heavy (non-hydrogen) atoms. The molecule has 0 bridgehead atoms. The van der Waals surface area contributed by atoms with Gasteiger partial charge in [0.1, 0.15) is 0 Å². The first kappa shape index (κ1) is 15.8. The summed E-state index contributed by atoms with van der Waals surface area (Å²) in [4.78, 5) is 29.7. The Bertz CT molecular complexity index is 1030. The maximum atomic E-state index is 12.7. The van der Waals surface area contributed by atoms with E-state index in [4.69, 9.17) is 0 Å². The molecule has 0 amide bonds. The molecule has 4 heteroatoms. The number of aryl methyl sites for hydroxylation is 3. The number of aromatic nitrogens is 2. The molecule has 0 fully saturated rings. The van der Waals surface area contributed by atoms with Gasteiger partial charge < -0.3 is 0 Å². The fourth-order valence-corrected chi connectivity index (χ4v) is 3.60. The minimum Gasteiger partial charge on any atom is -0.292 e. The summed E-state index contributed by atoms with van der Waals surface area (Å²) in [6.07, 6.45) is 6.01. The monoisotopic (exact) mass is 332 g/mol. The molecule has 0 atom stereocenters. The molecule has 3 aromatic rings. The van der Waals surface area contributed by atoms with E-state index >= 15 is 0 Å². The van der Waals surface area contributed by atoms with E-state index in [1.807, 2.05) is 31.2 Å². The molecule has 1 aromatic heterocycles. The van der Waals surface area contributed by atoms with Crippen LogP contribution >= 0.6 is 0 Å². The van der Waals surface area contributed by atoms with Gasteiger partial charge in [0.05, 0.1) is 23.8 Å². The Balaban J connectivity index is 1.66. The number of ketones is 1. The summed E-state index contributed by atoms with van der Waals surface area (Å²) in [7, 11) is 0. The van der Waals surface area contributed by atoms with E-state index in [1.165, 1.54) is 34.9 Å². The average Bonchev–Trinajstić information content (AvgIpc) is 2.64. The summed E-state index contributed by atoms with van der Waals surface area (Å²) in [5, 5.41) is 0.556. The molecule has 2 aromatic carbocycles. The van der Waals surface area contributed by atoms with Crippen molar-refractivity contribution in [1.82, 2.24) is 9.55 Å². The summed E-state index contributed by atoms with van der Waals surface area (Å²) in [6, 6.07) is 11.5. The molecule has 0 spiro atoms. The van der Waals surface area contributed by atoms with Crippen LogP contribution in [0.15, 0.2) is 47.5 Å². The standard InChI is InChI=1S/C21H20N2O2/c1-14-5-4-8-18-20(14)22-13-23(21(18)25)12-19(24)17-10-9-15-6-2-3-7-16(15)11-17/h4-5,8-11,13H,2-3,6-7,12H2,1H3. The highest BCUT2D eigenvalue weighted by Gasteiger charge is 2.14. The molecular weight excluding hydrogens is 312 g/mol. The topological polar surface area (TPSA) is 52.0 Å². The van der Waals surface area contributed by atoms with Gasteiger partial charge >= 0.3 is 0 Å². The number of hydrogen-bond acceptors (Lipinski definition) is 3. The van der Waals surface area contributed by atoms with Crippen LogP contribution in [0.3, 0.4) is 0 Å². The van der Waals surface area contributed by atoms with E-state index in [-0.39, 0.29) is 17.9 Å². The van der Waals surface area contributed by atoms with Gasteiger partial charge in [0, 0.05) is 5.56 Å². The maximum absolute atomic E-state index is 12.7. The van der Waals surface area contributed by atoms with Gasteiger partial charge in [-0.2, -0.15) is 0 Å². The Kier molecular flexibility index (Phi) is 3.96. The zero-order chi connectivity index (χ0) is 17.4. The number of Topliss-reactive ketones (excluding diaryl/α,β-unsaturated/α-hetero) is 1. The fraction of sp³-hybridized carbons (Fsp3) is 0.286. The lowest BCUT2D eigenvalue weighted by molar-refractivity contribution is 0.0970. The molecule has 4 rings (SSSR count). The van der Waals surface area contributed by atoms with E-state index in [1.54, 1.807) is 6.07 Å². The van der Waals surface area contributed by atoms with Crippen LogP contribution in [0.25, 0.3) is 10.9 Å². The summed E-state index contributed by atoms with van der Waals surface area (Å²) in [6.45, 7) is 1.95. The summed E-state index contributed by atoms with van der Waals surface area (Å²) in [5.41, 5.74) is 4.80. The highest BCUT2D eigenvalue weighted by Crippen LogP contribution is 2.22. The Morgan fingerprint density at radius 3 is 2.76 bits per heavy atom. The highest BCUT2D eigenvalue weighted by molar-refractivity contribution is 5.96. The van der Waals surface area contributed by atoms with Crippen molar-refractivity contribution in [2.45, 2.75) is 39.2 Å². The Hall–Kier alpha value is -2.75. The van der Waals surface area contributed by atoms with Crippen LogP contribution in [-0.4, -0.2) is 15.3 Å². The maximum Gasteiger partial charge on any atom is 0.261 e. The number of rotatable bonds is 3. The van der Waals surface area contributed by atoms with Crippen LogP contribution in [0, 0.1) is 6.92 Å². The van der Waals surface area contributed by atoms with Crippen LogP contribution in [0.1, 0.15) is 39.9 Å². The van der Waals surface area contributed by atoms with Crippen LogP contribution < -0.4 is 5.56 Å². The lowest BCUT2D eigenvalue weighted by atomic mass is 9.90. The average molecular weight is 332 g/mol. The third kappa shape index (κ3) is 2.88. The van der Waals surface area contributed by atoms with Gasteiger partial charge in [0.25, 0.3) is 5.56 Å². The number of nitrogens with zero attached hydrogens (tertiary/aromatic N) is 2. The van der Waals surface area contributed by atoms with Gasteiger partial charge in [-0.25, -0.2) is 4.98 Å². The Morgan fingerprint density at radius 2 is 1.92 bits per heavy atom. The van der Waals surface area contributed by atoms with Crippen molar-refractivity contribution in [3.8, 4) is 0 Å². The van der Waals surface area contributed by atoms with Gasteiger partial charge in [-0.1, -0.05) is 24.3 Å². The number of hydrogen-bond donors (Lipinski definition) is 0. The van der Waals surface area contributed by atoms with E-state index in [9.17, 15) is 9.59 Å². The summed E-state index contributed by atoms with van der Waals surface area (Å²) in [5.74, 6) is -0.0516. The van der Waals surface area contributed by atoms with Crippen molar-refractivity contribution < 1.29 is 4.79 Å². The lowest BCUT2D eigenvalue weighted by Gasteiger charge is -2.16. The SMILES string of the molecule is Cc1cccc2c(=O)n(CC(=O)c3ccc4c(c3)CCCC4)cnc12. The Labute approximate surface area is 146 Å². The zero-order valence-electron chi connectivity index (χ0n) is 14.3. The smallest absolute Gasteiger partial charge is 0.261 e. The molecule has 0 saturated carbocycles. The fourth-order valence-electron chi connectivity index (χ4n) is 3.60. The Morgan fingerprint density at radius 1 is 1.12 bits per heavy atom. The molecule has 0 aliphatic heterocycles. The molecule has 1 aliphatic rings. The van der Waals surface area contributed by atoms with Crippen molar-refractivity contribution >= 4 is 16.7 Å². The predicted octanol–water partition coefficient (Wildman–Crippen LogP) is 3.47. The molecule has 4 nitrogen and oxygen atoms in total. The van der Waals surface area contributed by atoms with Crippen LogP contribution in [-0.2, 0) is 19.4 Å². The third-order valence-electron chi connectivity index (χ3n) is 5.04. The number of carbonyl (C=O) groups is 1. The summed E-state index contributed by atoms with van der Waals surface area (Å²) >= 11 is 0. The third-order valence-corrected chi connectivity index (χ3v) is 5.04. The van der Waals surface area contributed by atoms with Crippen molar-refractivity contribution in [2.24, 2.45) is 0 Å². The zero-order valence-corrected chi connectivity index (χ0v) is 14.3. The van der Waals surface area contributed by atoms with Crippen molar-refractivity contribution in [2.75, 3.05) is 0 Å². The number of fused-ring (bicyclic) bond motifs is 2. The molecule has 0 radical (unpaired) electrons. The van der Waals surface area contributed by atoms with E-state index < -0.39 is 0 Å². The molecule has 0 N–H and O–H groups in total. The van der Waals surface area contributed by atoms with Gasteiger partial charge in [-0.05, 0) is 61.4 Å². The molecule has 0 unspecified atom stereocenters. The second kappa shape index (κ2) is 6.28. The van der Waals surface area contributed by atoms with Gasteiger partial charge in [-0.15, -0.1) is 0 Å². The molecule has 1 aliphatic carbocycles. The van der Waals surface area contributed by atoms with Gasteiger partial charge in [0.15, 0.2) is 5.78 Å². The normalized spacial score (nSPS) is 13.6. The number of benzene rings is 2. The first-order valence-corrected chi connectivity index (χ1v) is 8.73. The van der Waals surface area contributed by atoms with E-state index in [2.05, 4.69) is 11.1 Å². The minimum atomic E-state index is -0.167. The minimum absolute atomic E-state index is 0.0223. The molecule has 126 valence electrons. The lowest BCUT2D eigenvalue weighted by Crippen LogP contribution is -2.25. The van der Waals surface area contributed by atoms with Crippen LogP contribution in [0.2, 0.25) is 0 Å². The first-order valence-electron chi connectivity index (χ1n) is 8.73. The number of para-hydroxylation sites is 1. The van der Waals surface area contributed by atoms with Crippen LogP contribution in [0.5, 0.6) is 0 Å². The summed E-state index contributed by atoms with van der Waals surface area (Å²) < 4.78 is 1.41. The van der Waals surface area contributed by atoms with Crippen molar-refractivity contribution in [1.29, 1.82) is 0 Å². The molecular formula is C21H20N2O2. The quantitative estimate of drug-likeness (QED) is 0.690. The van der Waals surface area contributed by atoms with Gasteiger partial charge in [-0.3, -0.25) is 14.2 Å². The highest BCUT2D eigenvalue weighted by atomic mass is 16.1. The molecule has 0 saturated heterocycles. The van der Waals surface area contributed by atoms with Crippen molar-refractivity contribution in [3.63, 3.8) is 0 Å².